The van der Waals surface area contributed by atoms with Gasteiger partial charge in [0.05, 0.1) is 32.9 Å². The summed E-state index contributed by atoms with van der Waals surface area (Å²) < 4.78 is 0. The molecule has 0 saturated carbocycles. The smallest absolute Gasteiger partial charge is 0.239 e. The lowest BCUT2D eigenvalue weighted by Gasteiger charge is -2.25. The van der Waals surface area contributed by atoms with E-state index in [1.54, 1.807) is 16.7 Å². The molecule has 2 N–H and O–H groups in total. The number of thioether (sulfide) groups is 1. The van der Waals surface area contributed by atoms with Gasteiger partial charge in [-0.05, 0) is 18.1 Å². The summed E-state index contributed by atoms with van der Waals surface area (Å²) in [5.41, 5.74) is 2.26. The lowest BCUT2D eigenvalue weighted by atomic mass is 10.1. The minimum Gasteiger partial charge on any atom is -0.349 e. The van der Waals surface area contributed by atoms with E-state index in [1.807, 2.05) is 45.3 Å². The van der Waals surface area contributed by atoms with Crippen LogP contribution in [0.15, 0.2) is 24.3 Å². The van der Waals surface area contributed by atoms with E-state index < -0.39 is 0 Å². The van der Waals surface area contributed by atoms with Gasteiger partial charge in [0.2, 0.25) is 11.8 Å². The minimum atomic E-state index is -0.0873. The van der Waals surface area contributed by atoms with Crippen molar-refractivity contribution >= 4 is 23.6 Å². The van der Waals surface area contributed by atoms with Crippen molar-refractivity contribution in [3.63, 3.8) is 0 Å². The third-order valence-electron chi connectivity index (χ3n) is 3.68. The highest BCUT2D eigenvalue weighted by molar-refractivity contribution is 8.00. The van der Waals surface area contributed by atoms with Gasteiger partial charge in [0.25, 0.3) is 0 Å². The molecule has 1 atom stereocenters. The van der Waals surface area contributed by atoms with E-state index in [0.29, 0.717) is 12.3 Å². The quantitative estimate of drug-likeness (QED) is 0.765. The van der Waals surface area contributed by atoms with Gasteiger partial charge in [0.1, 0.15) is 11.9 Å². The normalized spacial score (nSPS) is 18.1. The number of likely N-dealkylation sites (N-methyl/N-ethyl adjacent to an activating group) is 1. The van der Waals surface area contributed by atoms with E-state index >= 15 is 0 Å². The van der Waals surface area contributed by atoms with Crippen LogP contribution in [0.5, 0.6) is 0 Å². The van der Waals surface area contributed by atoms with E-state index in [0.717, 1.165) is 17.7 Å². The van der Waals surface area contributed by atoms with Gasteiger partial charge < -0.3 is 15.1 Å². The van der Waals surface area contributed by atoms with Crippen LogP contribution >= 0.6 is 11.8 Å². The van der Waals surface area contributed by atoms with Gasteiger partial charge in [-0.15, -0.1) is 11.8 Å². The van der Waals surface area contributed by atoms with Crippen molar-refractivity contribution in [2.45, 2.75) is 12.3 Å². The molecule has 0 spiro atoms. The van der Waals surface area contributed by atoms with Crippen LogP contribution < -0.4 is 10.2 Å². The summed E-state index contributed by atoms with van der Waals surface area (Å²) in [6.07, 6.45) is 0. The average molecular weight is 322 g/mol. The molecule has 5 nitrogen and oxygen atoms in total. The zero-order valence-corrected chi connectivity index (χ0v) is 14.2. The number of carbonyl (C=O) groups excluding carboxylic acids is 2. The van der Waals surface area contributed by atoms with Gasteiger partial charge in [-0.3, -0.25) is 9.59 Å². The van der Waals surface area contributed by atoms with Gasteiger partial charge in [-0.2, -0.15) is 0 Å². The monoisotopic (exact) mass is 322 g/mol. The Morgan fingerprint density at radius 3 is 2.82 bits per heavy atom. The van der Waals surface area contributed by atoms with E-state index in [1.165, 1.54) is 4.90 Å². The van der Waals surface area contributed by atoms with Crippen molar-refractivity contribution in [3.8, 4) is 0 Å². The van der Waals surface area contributed by atoms with Crippen molar-refractivity contribution in [1.29, 1.82) is 0 Å². The molecule has 1 heterocycles. The number of hydrogen-bond donors (Lipinski definition) is 2. The first-order valence-electron chi connectivity index (χ1n) is 7.51. The van der Waals surface area contributed by atoms with Crippen LogP contribution in [0.2, 0.25) is 0 Å². The number of nitrogens with one attached hydrogen (secondary N) is 2. The molecule has 6 heteroatoms. The number of benzene rings is 1. The molecule has 2 rings (SSSR count). The molecular weight excluding hydrogens is 298 g/mol. The lowest BCUT2D eigenvalue weighted by molar-refractivity contribution is -0.856. The predicted molar refractivity (Wildman–Crippen MR) is 88.8 cm³/mol. The van der Waals surface area contributed by atoms with Crippen LogP contribution in [0.4, 0.5) is 0 Å². The first-order valence-corrected chi connectivity index (χ1v) is 8.56. The summed E-state index contributed by atoms with van der Waals surface area (Å²) in [6.45, 7) is 3.67. The standard InChI is InChI=1S/C16H23N3O2S/c1-12-6-4-5-7-13(12)16-19(15(21)11-22-16)10-14(20)17-8-9-18(2)3/h4-7,16H,8-11H2,1-3H3,(H,17,20)/p+1/t16-/m0/s1. The van der Waals surface area contributed by atoms with E-state index in [2.05, 4.69) is 5.32 Å². The lowest BCUT2D eigenvalue weighted by Crippen LogP contribution is -3.06. The van der Waals surface area contributed by atoms with E-state index in [9.17, 15) is 9.59 Å². The summed E-state index contributed by atoms with van der Waals surface area (Å²) in [5.74, 6) is 0.385. The average Bonchev–Trinajstić information content (AvgIpc) is 2.80. The maximum Gasteiger partial charge on any atom is 0.239 e. The molecule has 120 valence electrons. The second-order valence-electron chi connectivity index (χ2n) is 5.85. The Labute approximate surface area is 136 Å². The Hall–Kier alpha value is -1.53. The van der Waals surface area contributed by atoms with Crippen LogP contribution in [-0.2, 0) is 9.59 Å². The summed E-state index contributed by atoms with van der Waals surface area (Å²) >= 11 is 1.59. The Bertz CT molecular complexity index is 548. The van der Waals surface area contributed by atoms with Crippen molar-refractivity contribution in [2.75, 3.05) is 39.5 Å². The Kier molecular flexibility index (Phi) is 5.85. The fourth-order valence-corrected chi connectivity index (χ4v) is 3.69. The van der Waals surface area contributed by atoms with Gasteiger partial charge in [-0.25, -0.2) is 0 Å². The molecule has 22 heavy (non-hydrogen) atoms. The predicted octanol–water partition coefficient (Wildman–Crippen LogP) is -0.170. The number of hydrogen-bond acceptors (Lipinski definition) is 3. The summed E-state index contributed by atoms with van der Waals surface area (Å²) in [5, 5.41) is 2.83. The first kappa shape index (κ1) is 16.8. The van der Waals surface area contributed by atoms with Gasteiger partial charge in [0.15, 0.2) is 0 Å². The number of rotatable bonds is 6. The number of carbonyl (C=O) groups is 2. The zero-order valence-electron chi connectivity index (χ0n) is 13.4. The molecule has 0 aromatic heterocycles. The van der Waals surface area contributed by atoms with Crippen molar-refractivity contribution in [2.24, 2.45) is 0 Å². The van der Waals surface area contributed by atoms with E-state index in [4.69, 9.17) is 0 Å². The van der Waals surface area contributed by atoms with Crippen molar-refractivity contribution in [1.82, 2.24) is 10.2 Å². The summed E-state index contributed by atoms with van der Waals surface area (Å²) in [7, 11) is 4.09. The summed E-state index contributed by atoms with van der Waals surface area (Å²) in [4.78, 5) is 27.1. The number of aryl methyl sites for hydroxylation is 1. The number of nitrogens with zero attached hydrogens (tertiary/aromatic N) is 1. The molecule has 0 radical (unpaired) electrons. The first-order chi connectivity index (χ1) is 10.5. The third-order valence-corrected chi connectivity index (χ3v) is 4.92. The second kappa shape index (κ2) is 7.65. The summed E-state index contributed by atoms with van der Waals surface area (Å²) in [6, 6.07) is 8.04. The highest BCUT2D eigenvalue weighted by Crippen LogP contribution is 2.39. The number of amides is 2. The van der Waals surface area contributed by atoms with Crippen LogP contribution in [0.1, 0.15) is 16.5 Å². The molecule has 1 aromatic carbocycles. The molecule has 1 aliphatic heterocycles. The number of quaternary nitrogens is 1. The maximum absolute atomic E-state index is 12.1. The molecule has 1 aromatic rings. The molecule has 0 unspecified atom stereocenters. The fraction of sp³-hybridized carbons (Fsp3) is 0.500. The molecule has 0 bridgehead atoms. The Balaban J connectivity index is 2.00. The highest BCUT2D eigenvalue weighted by atomic mass is 32.2. The van der Waals surface area contributed by atoms with Gasteiger partial charge in [0, 0.05) is 0 Å². The van der Waals surface area contributed by atoms with E-state index in [-0.39, 0.29) is 23.7 Å². The molecule has 0 aliphatic carbocycles. The van der Waals surface area contributed by atoms with Crippen LogP contribution in [0, 0.1) is 6.92 Å². The Morgan fingerprint density at radius 1 is 1.41 bits per heavy atom. The van der Waals surface area contributed by atoms with Crippen LogP contribution in [0.25, 0.3) is 0 Å². The minimum absolute atomic E-state index is 0.0339. The fourth-order valence-electron chi connectivity index (χ4n) is 2.41. The largest absolute Gasteiger partial charge is 0.349 e. The molecule has 1 fully saturated rings. The molecule has 1 aliphatic rings. The maximum atomic E-state index is 12.1. The third kappa shape index (κ3) is 4.24. The van der Waals surface area contributed by atoms with Crippen molar-refractivity contribution in [3.05, 3.63) is 35.4 Å². The van der Waals surface area contributed by atoms with Gasteiger partial charge >= 0.3 is 0 Å². The zero-order chi connectivity index (χ0) is 16.1. The molecule has 2 amide bonds. The van der Waals surface area contributed by atoms with Crippen LogP contribution in [-0.4, -0.2) is 56.2 Å². The van der Waals surface area contributed by atoms with Crippen LogP contribution in [0.3, 0.4) is 0 Å². The topological polar surface area (TPSA) is 53.9 Å². The molecular formula is C16H24N3O2S+. The highest BCUT2D eigenvalue weighted by Gasteiger charge is 2.34. The molecule has 1 saturated heterocycles. The second-order valence-corrected chi connectivity index (χ2v) is 6.92. The van der Waals surface area contributed by atoms with Crippen molar-refractivity contribution < 1.29 is 14.5 Å². The van der Waals surface area contributed by atoms with Gasteiger partial charge in [-0.1, -0.05) is 24.3 Å². The Morgan fingerprint density at radius 2 is 2.14 bits per heavy atom. The SMILES string of the molecule is Cc1ccccc1[C@@H]1SCC(=O)N1CC(=O)NCC[NH+](C)C.